The van der Waals surface area contributed by atoms with Crippen molar-refractivity contribution < 1.29 is 9.21 Å². The average molecular weight is 572 g/mol. The monoisotopic (exact) mass is 571 g/mol. The third-order valence-corrected chi connectivity index (χ3v) is 9.98. The van der Waals surface area contributed by atoms with Gasteiger partial charge in [0.2, 0.25) is 0 Å². The first kappa shape index (κ1) is 29.2. The van der Waals surface area contributed by atoms with Gasteiger partial charge in [-0.2, -0.15) is 0 Å². The van der Waals surface area contributed by atoms with Gasteiger partial charge in [0.25, 0.3) is 5.91 Å². The lowest BCUT2D eigenvalue weighted by molar-refractivity contribution is 0.0764. The van der Waals surface area contributed by atoms with Crippen molar-refractivity contribution in [1.82, 2.24) is 4.90 Å². The Hall–Kier alpha value is -3.85. The van der Waals surface area contributed by atoms with Crippen molar-refractivity contribution in [3.05, 3.63) is 135 Å². The van der Waals surface area contributed by atoms with Gasteiger partial charge >= 0.3 is 0 Å². The summed E-state index contributed by atoms with van der Waals surface area (Å²) in [6.07, 6.45) is 8.26. The molecule has 3 nitrogen and oxygen atoms in total. The Bertz CT molecular complexity index is 1650. The van der Waals surface area contributed by atoms with E-state index in [1.54, 1.807) is 4.90 Å². The summed E-state index contributed by atoms with van der Waals surface area (Å²) >= 11 is 0. The second-order valence-corrected chi connectivity index (χ2v) is 14.0. The Balaban J connectivity index is 1.16. The fourth-order valence-corrected chi connectivity index (χ4v) is 7.06. The molecule has 4 aromatic rings. The van der Waals surface area contributed by atoms with Crippen LogP contribution in [0.1, 0.15) is 108 Å². The highest BCUT2D eigenvalue weighted by molar-refractivity contribution is 5.91. The molecule has 1 heterocycles. The molecule has 0 spiro atoms. The maximum absolute atomic E-state index is 13.4. The van der Waals surface area contributed by atoms with Crippen molar-refractivity contribution in [2.75, 3.05) is 13.6 Å². The zero-order valence-corrected chi connectivity index (χ0v) is 26.7. The fourth-order valence-electron chi connectivity index (χ4n) is 7.06. The van der Waals surface area contributed by atoms with Crippen LogP contribution >= 0.6 is 0 Å². The molecular formula is C40H45NO2. The van der Waals surface area contributed by atoms with Crippen molar-refractivity contribution in [1.29, 1.82) is 0 Å². The Morgan fingerprint density at radius 1 is 0.837 bits per heavy atom. The lowest BCUT2D eigenvalue weighted by atomic mass is 9.62. The van der Waals surface area contributed by atoms with Crippen LogP contribution in [0.4, 0.5) is 0 Å². The minimum Gasteiger partial charge on any atom is -0.456 e. The van der Waals surface area contributed by atoms with Gasteiger partial charge in [0.1, 0.15) is 5.76 Å². The quantitative estimate of drug-likeness (QED) is 0.231. The SMILES string of the molecule is Cc1cc2c(cc1Cc1ccc(C(=O)N(C)CCC=C3c4ccccc4CCc4ccccc43)o1)C(C)(C)CCC2(C)C. The number of amides is 1. The van der Waals surface area contributed by atoms with E-state index in [4.69, 9.17) is 4.42 Å². The molecule has 0 saturated heterocycles. The third kappa shape index (κ3) is 5.75. The van der Waals surface area contributed by atoms with Crippen LogP contribution in [0.25, 0.3) is 5.57 Å². The summed E-state index contributed by atoms with van der Waals surface area (Å²) in [6, 6.07) is 26.1. The maximum atomic E-state index is 13.4. The molecule has 222 valence electrons. The summed E-state index contributed by atoms with van der Waals surface area (Å²) in [5.41, 5.74) is 12.5. The first-order valence-corrected chi connectivity index (χ1v) is 15.9. The van der Waals surface area contributed by atoms with E-state index >= 15 is 0 Å². The topological polar surface area (TPSA) is 33.5 Å². The normalized spacial score (nSPS) is 16.5. The molecule has 0 radical (unpaired) electrons. The number of hydrogen-bond donors (Lipinski definition) is 0. The molecular weight excluding hydrogens is 526 g/mol. The van der Waals surface area contributed by atoms with Crippen molar-refractivity contribution in [2.45, 2.75) is 84.0 Å². The van der Waals surface area contributed by atoms with Crippen LogP contribution in [0.5, 0.6) is 0 Å². The van der Waals surface area contributed by atoms with E-state index in [9.17, 15) is 4.79 Å². The van der Waals surface area contributed by atoms with Crippen LogP contribution in [0.15, 0.2) is 83.3 Å². The van der Waals surface area contributed by atoms with E-state index in [-0.39, 0.29) is 16.7 Å². The first-order valence-electron chi connectivity index (χ1n) is 15.9. The number of benzene rings is 3. The van der Waals surface area contributed by atoms with Crippen LogP contribution in [0.2, 0.25) is 0 Å². The highest BCUT2D eigenvalue weighted by Gasteiger charge is 2.37. The highest BCUT2D eigenvalue weighted by Crippen LogP contribution is 2.46. The number of fused-ring (bicyclic) bond motifs is 3. The molecule has 2 aliphatic rings. The van der Waals surface area contributed by atoms with Crippen LogP contribution < -0.4 is 0 Å². The average Bonchev–Trinajstić information content (AvgIpc) is 3.39. The van der Waals surface area contributed by atoms with Gasteiger partial charge in [0.05, 0.1) is 0 Å². The Morgan fingerprint density at radius 3 is 2.05 bits per heavy atom. The summed E-state index contributed by atoms with van der Waals surface area (Å²) in [7, 11) is 1.87. The summed E-state index contributed by atoms with van der Waals surface area (Å²) in [5, 5.41) is 0. The van der Waals surface area contributed by atoms with Gasteiger partial charge in [-0.3, -0.25) is 4.79 Å². The largest absolute Gasteiger partial charge is 0.456 e. The van der Waals surface area contributed by atoms with E-state index in [2.05, 4.69) is 101 Å². The lowest BCUT2D eigenvalue weighted by Gasteiger charge is -2.42. The summed E-state index contributed by atoms with van der Waals surface area (Å²) in [6.45, 7) is 12.3. The Kier molecular flexibility index (Phi) is 7.71. The minimum absolute atomic E-state index is 0.0728. The molecule has 0 fully saturated rings. The van der Waals surface area contributed by atoms with E-state index in [1.165, 1.54) is 62.9 Å². The standard InChI is InChI=1S/C40H45NO2/c1-27-24-35-36(40(4,5)22-21-39(35,2)3)26-30(27)25-31-19-20-37(43-31)38(42)41(6)23-11-16-34-32-14-9-7-12-28(32)17-18-29-13-8-10-15-33(29)34/h7-10,12-16,19-20,24,26H,11,17-18,21-23,25H2,1-6H3. The number of nitrogens with zero attached hydrogens (tertiary/aromatic N) is 1. The minimum atomic E-state index is -0.0728. The first-order chi connectivity index (χ1) is 20.5. The smallest absolute Gasteiger partial charge is 0.289 e. The van der Waals surface area contributed by atoms with Gasteiger partial charge in [-0.1, -0.05) is 94.4 Å². The maximum Gasteiger partial charge on any atom is 0.289 e. The zero-order chi connectivity index (χ0) is 30.4. The van der Waals surface area contributed by atoms with Crippen LogP contribution in [0, 0.1) is 6.92 Å². The van der Waals surface area contributed by atoms with E-state index in [0.29, 0.717) is 18.7 Å². The fraction of sp³-hybridized carbons (Fsp3) is 0.375. The van der Waals surface area contributed by atoms with E-state index in [0.717, 1.165) is 25.0 Å². The molecule has 43 heavy (non-hydrogen) atoms. The number of hydrogen-bond acceptors (Lipinski definition) is 2. The Morgan fingerprint density at radius 2 is 1.42 bits per heavy atom. The number of rotatable bonds is 6. The van der Waals surface area contributed by atoms with Gasteiger partial charge in [0.15, 0.2) is 5.76 Å². The van der Waals surface area contributed by atoms with Gasteiger partial charge in [-0.25, -0.2) is 0 Å². The molecule has 2 aliphatic carbocycles. The number of carbonyl (C=O) groups is 1. The van der Waals surface area contributed by atoms with Crippen LogP contribution in [-0.2, 0) is 30.1 Å². The molecule has 0 N–H and O–H groups in total. The Labute approximate surface area is 257 Å². The molecule has 0 bridgehead atoms. The molecule has 3 aromatic carbocycles. The highest BCUT2D eigenvalue weighted by atomic mass is 16.4. The number of aryl methyl sites for hydroxylation is 3. The molecule has 3 heteroatoms. The van der Waals surface area contributed by atoms with E-state index < -0.39 is 0 Å². The van der Waals surface area contributed by atoms with E-state index in [1.807, 2.05) is 19.2 Å². The summed E-state index contributed by atoms with van der Waals surface area (Å²) < 4.78 is 6.16. The third-order valence-electron chi connectivity index (χ3n) is 9.98. The van der Waals surface area contributed by atoms with Gasteiger partial charge < -0.3 is 9.32 Å². The molecule has 0 aliphatic heterocycles. The van der Waals surface area contributed by atoms with Crippen molar-refractivity contribution >= 4 is 11.5 Å². The molecule has 0 unspecified atom stereocenters. The lowest BCUT2D eigenvalue weighted by Crippen LogP contribution is -2.34. The van der Waals surface area contributed by atoms with Gasteiger partial charge in [-0.05, 0) is 112 Å². The second-order valence-electron chi connectivity index (χ2n) is 14.0. The van der Waals surface area contributed by atoms with Gasteiger partial charge in [-0.15, -0.1) is 0 Å². The molecule has 1 aromatic heterocycles. The second kappa shape index (κ2) is 11.3. The van der Waals surface area contributed by atoms with Crippen LogP contribution in [0.3, 0.4) is 0 Å². The predicted molar refractivity (Wildman–Crippen MR) is 177 cm³/mol. The van der Waals surface area contributed by atoms with Crippen molar-refractivity contribution in [3.63, 3.8) is 0 Å². The number of carbonyl (C=O) groups excluding carboxylic acids is 1. The zero-order valence-electron chi connectivity index (χ0n) is 26.7. The summed E-state index contributed by atoms with van der Waals surface area (Å²) in [5.74, 6) is 1.17. The van der Waals surface area contributed by atoms with Crippen LogP contribution in [-0.4, -0.2) is 24.4 Å². The molecule has 0 atom stereocenters. The molecule has 0 saturated carbocycles. The number of furan rings is 1. The molecule has 1 amide bonds. The van der Waals surface area contributed by atoms with Crippen molar-refractivity contribution in [2.24, 2.45) is 0 Å². The van der Waals surface area contributed by atoms with Gasteiger partial charge in [0, 0.05) is 20.0 Å². The predicted octanol–water partition coefficient (Wildman–Crippen LogP) is 9.22. The summed E-state index contributed by atoms with van der Waals surface area (Å²) in [4.78, 5) is 15.2. The molecule has 6 rings (SSSR count). The van der Waals surface area contributed by atoms with Crippen molar-refractivity contribution in [3.8, 4) is 0 Å².